The topological polar surface area (TPSA) is 72.2 Å². The molecule has 3 N–H and O–H groups in total. The van der Waals surface area contributed by atoms with E-state index < -0.39 is 10.0 Å². The molecule has 1 aromatic heterocycles. The Balaban J connectivity index is 1.88. The first-order valence-corrected chi connectivity index (χ1v) is 9.13. The molecule has 1 heterocycles. The Morgan fingerprint density at radius 3 is 2.52 bits per heavy atom. The number of nitrogens with one attached hydrogen (secondary N) is 1. The average molecular weight is 340 g/mol. The van der Waals surface area contributed by atoms with Crippen LogP contribution in [0.15, 0.2) is 46.7 Å². The minimum atomic E-state index is -3.47. The van der Waals surface area contributed by atoms with Gasteiger partial charge in [0.25, 0.3) is 0 Å². The number of sulfonamides is 1. The molecule has 2 aromatic rings. The zero-order valence-electron chi connectivity index (χ0n) is 11.3. The van der Waals surface area contributed by atoms with Crippen molar-refractivity contribution < 1.29 is 8.42 Å². The van der Waals surface area contributed by atoms with Crippen LogP contribution in [-0.4, -0.2) is 20.0 Å². The summed E-state index contributed by atoms with van der Waals surface area (Å²) in [4.78, 5) is 0.820. The number of aryl methyl sites for hydroxylation is 1. The highest BCUT2D eigenvalue weighted by Gasteiger charge is 2.16. The van der Waals surface area contributed by atoms with Gasteiger partial charge in [-0.15, -0.1) is 11.3 Å². The molecule has 0 amide bonds. The summed E-state index contributed by atoms with van der Waals surface area (Å²) in [5.41, 5.74) is 6.68. The Morgan fingerprint density at radius 2 is 1.90 bits per heavy atom. The van der Waals surface area contributed by atoms with E-state index in [0.717, 1.165) is 24.2 Å². The maximum absolute atomic E-state index is 12.1. The van der Waals surface area contributed by atoms with Crippen LogP contribution in [0.3, 0.4) is 0 Å². The van der Waals surface area contributed by atoms with E-state index in [2.05, 4.69) is 4.72 Å². The van der Waals surface area contributed by atoms with Crippen LogP contribution < -0.4 is 10.5 Å². The van der Waals surface area contributed by atoms with Gasteiger partial charge in [-0.1, -0.05) is 42.5 Å². The molecule has 21 heavy (non-hydrogen) atoms. The fraction of sp³-hybridized carbons (Fsp3) is 0.214. The van der Waals surface area contributed by atoms with E-state index in [9.17, 15) is 8.42 Å². The first kappa shape index (κ1) is 16.1. The van der Waals surface area contributed by atoms with Gasteiger partial charge >= 0.3 is 0 Å². The maximum atomic E-state index is 12.1. The van der Waals surface area contributed by atoms with Crippen molar-refractivity contribution in [1.29, 1.82) is 0 Å². The van der Waals surface area contributed by atoms with Gasteiger partial charge in [0.1, 0.15) is 9.20 Å². The van der Waals surface area contributed by atoms with E-state index in [4.69, 9.17) is 18.0 Å². The molecule has 112 valence electrons. The number of thiophene rings is 1. The zero-order chi connectivity index (χ0) is 15.3. The van der Waals surface area contributed by atoms with Crippen LogP contribution in [-0.2, 0) is 16.4 Å². The van der Waals surface area contributed by atoms with E-state index in [1.807, 2.05) is 30.3 Å². The number of thiocarbonyl (C=S) groups is 1. The highest BCUT2D eigenvalue weighted by atomic mass is 32.2. The molecule has 0 saturated carbocycles. The molecule has 0 aliphatic carbocycles. The Labute approximate surface area is 134 Å². The largest absolute Gasteiger partial charge is 0.389 e. The van der Waals surface area contributed by atoms with E-state index in [0.29, 0.717) is 11.4 Å². The second-order valence-corrected chi connectivity index (χ2v) is 7.99. The smallest absolute Gasteiger partial charge is 0.250 e. The molecule has 2 rings (SSSR count). The molecule has 1 aromatic carbocycles. The summed E-state index contributed by atoms with van der Waals surface area (Å²) < 4.78 is 27.0. The molecule has 0 radical (unpaired) electrons. The monoisotopic (exact) mass is 340 g/mol. The van der Waals surface area contributed by atoms with Crippen LogP contribution in [0.25, 0.3) is 0 Å². The van der Waals surface area contributed by atoms with Gasteiger partial charge < -0.3 is 5.73 Å². The number of hydrogen-bond acceptors (Lipinski definition) is 4. The SMILES string of the molecule is NC(=S)c1ccc(S(=O)(=O)NCCCc2ccccc2)s1. The molecule has 4 nitrogen and oxygen atoms in total. The fourth-order valence-electron chi connectivity index (χ4n) is 1.81. The van der Waals surface area contributed by atoms with Crippen LogP contribution >= 0.6 is 23.6 Å². The standard InChI is InChI=1S/C14H16N2O2S3/c15-14(19)12-8-9-13(20-12)21(17,18)16-10-4-7-11-5-2-1-3-6-11/h1-3,5-6,8-9,16H,4,7,10H2,(H2,15,19). The van der Waals surface area contributed by atoms with Gasteiger partial charge in [-0.25, -0.2) is 13.1 Å². The predicted octanol–water partition coefficient (Wildman–Crippen LogP) is 2.29. The van der Waals surface area contributed by atoms with Crippen molar-refractivity contribution in [1.82, 2.24) is 4.72 Å². The molecule has 0 aliphatic rings. The third-order valence-corrected chi connectivity index (χ3v) is 6.29. The van der Waals surface area contributed by atoms with Gasteiger partial charge in [0.2, 0.25) is 10.0 Å². The van der Waals surface area contributed by atoms with Crippen molar-refractivity contribution in [2.24, 2.45) is 5.73 Å². The second-order valence-electron chi connectivity index (χ2n) is 4.47. The number of rotatable bonds is 7. The summed E-state index contributed by atoms with van der Waals surface area (Å²) in [5, 5.41) is 0. The molecular formula is C14H16N2O2S3. The van der Waals surface area contributed by atoms with Crippen LogP contribution in [0.5, 0.6) is 0 Å². The number of hydrogen-bond donors (Lipinski definition) is 2. The summed E-state index contributed by atoms with van der Waals surface area (Å²) in [6.45, 7) is 0.400. The molecule has 0 atom stereocenters. The molecule has 0 unspecified atom stereocenters. The van der Waals surface area contributed by atoms with E-state index in [-0.39, 0.29) is 9.20 Å². The zero-order valence-corrected chi connectivity index (χ0v) is 13.7. The minimum absolute atomic E-state index is 0.213. The van der Waals surface area contributed by atoms with Crippen molar-refractivity contribution in [2.75, 3.05) is 6.54 Å². The fourth-order valence-corrected chi connectivity index (χ4v) is 4.28. The lowest BCUT2D eigenvalue weighted by atomic mass is 10.1. The van der Waals surface area contributed by atoms with Crippen molar-refractivity contribution in [3.05, 3.63) is 52.9 Å². The normalized spacial score (nSPS) is 11.4. The molecule has 0 aliphatic heterocycles. The Kier molecular flexibility index (Phi) is 5.46. The van der Waals surface area contributed by atoms with Crippen molar-refractivity contribution >= 4 is 38.6 Å². The first-order valence-electron chi connectivity index (χ1n) is 6.42. The first-order chi connectivity index (χ1) is 9.99. The highest BCUT2D eigenvalue weighted by Crippen LogP contribution is 2.21. The van der Waals surface area contributed by atoms with E-state index >= 15 is 0 Å². The van der Waals surface area contributed by atoms with Gasteiger partial charge in [-0.3, -0.25) is 0 Å². The quantitative estimate of drug-likeness (QED) is 0.599. The lowest BCUT2D eigenvalue weighted by molar-refractivity contribution is 0.581. The van der Waals surface area contributed by atoms with Gasteiger partial charge in [0, 0.05) is 6.54 Å². The van der Waals surface area contributed by atoms with Crippen molar-refractivity contribution in [3.8, 4) is 0 Å². The summed E-state index contributed by atoms with van der Waals surface area (Å²) in [6.07, 6.45) is 1.59. The number of benzene rings is 1. The summed E-state index contributed by atoms with van der Waals surface area (Å²) in [5.74, 6) is 0. The highest BCUT2D eigenvalue weighted by molar-refractivity contribution is 7.91. The molecule has 7 heteroatoms. The molecule has 0 bridgehead atoms. The van der Waals surface area contributed by atoms with Crippen molar-refractivity contribution in [2.45, 2.75) is 17.1 Å². The summed E-state index contributed by atoms with van der Waals surface area (Å²) in [6, 6.07) is 13.1. The van der Waals surface area contributed by atoms with Gasteiger partial charge in [0.05, 0.1) is 4.88 Å². The van der Waals surface area contributed by atoms with E-state index in [1.54, 1.807) is 6.07 Å². The van der Waals surface area contributed by atoms with Gasteiger partial charge in [-0.05, 0) is 30.5 Å². The summed E-state index contributed by atoms with van der Waals surface area (Å²) in [7, 11) is -3.47. The third-order valence-electron chi connectivity index (χ3n) is 2.87. The second kappa shape index (κ2) is 7.13. The maximum Gasteiger partial charge on any atom is 0.250 e. The van der Waals surface area contributed by atoms with Crippen LogP contribution in [0.1, 0.15) is 16.9 Å². The summed E-state index contributed by atoms with van der Waals surface area (Å²) >= 11 is 5.92. The Bertz CT molecular complexity index is 709. The lowest BCUT2D eigenvalue weighted by Gasteiger charge is -2.05. The molecule has 0 spiro atoms. The van der Waals surface area contributed by atoms with Gasteiger partial charge in [0.15, 0.2) is 0 Å². The van der Waals surface area contributed by atoms with E-state index in [1.165, 1.54) is 11.6 Å². The average Bonchev–Trinajstić information content (AvgIpc) is 2.96. The third kappa shape index (κ3) is 4.60. The van der Waals surface area contributed by atoms with Crippen LogP contribution in [0, 0.1) is 0 Å². The lowest BCUT2D eigenvalue weighted by Crippen LogP contribution is -2.24. The Hall–Kier alpha value is -1.28. The van der Waals surface area contributed by atoms with Crippen molar-refractivity contribution in [3.63, 3.8) is 0 Å². The van der Waals surface area contributed by atoms with Gasteiger partial charge in [-0.2, -0.15) is 0 Å². The molecule has 0 saturated heterocycles. The minimum Gasteiger partial charge on any atom is -0.389 e. The molecule has 0 fully saturated rings. The molecular weight excluding hydrogens is 324 g/mol. The Morgan fingerprint density at radius 1 is 1.19 bits per heavy atom. The van der Waals surface area contributed by atoms with Crippen LogP contribution in [0.4, 0.5) is 0 Å². The van der Waals surface area contributed by atoms with Crippen LogP contribution in [0.2, 0.25) is 0 Å². The predicted molar refractivity (Wildman–Crippen MR) is 90.2 cm³/mol. The number of nitrogens with two attached hydrogens (primary N) is 1.